The van der Waals surface area contributed by atoms with Gasteiger partial charge in [0, 0.05) is 5.92 Å². The Balaban J connectivity index is 2.73. The van der Waals surface area contributed by atoms with Crippen molar-refractivity contribution in [2.24, 2.45) is 11.8 Å². The van der Waals surface area contributed by atoms with Crippen LogP contribution in [0.1, 0.15) is 32.6 Å². The van der Waals surface area contributed by atoms with Crippen LogP contribution in [0.25, 0.3) is 0 Å². The molecule has 0 radical (unpaired) electrons. The Morgan fingerprint density at radius 3 is 2.31 bits per heavy atom. The first-order valence-corrected chi connectivity index (χ1v) is 4.53. The first-order valence-electron chi connectivity index (χ1n) is 4.53. The molecule has 2 atom stereocenters. The summed E-state index contributed by atoms with van der Waals surface area (Å²) in [6, 6.07) is 0. The summed E-state index contributed by atoms with van der Waals surface area (Å²) in [7, 11) is 0. The molecule has 0 spiro atoms. The minimum atomic E-state index is -2.86. The minimum Gasteiger partial charge on any atom is -0.481 e. The second-order valence-corrected chi connectivity index (χ2v) is 3.79. The Morgan fingerprint density at radius 1 is 1.38 bits per heavy atom. The number of hydrogen-bond donors (Lipinski definition) is 1. The molecule has 1 saturated carbocycles. The molecule has 0 amide bonds. The van der Waals surface area contributed by atoms with Gasteiger partial charge in [0.2, 0.25) is 5.92 Å². The van der Waals surface area contributed by atoms with Gasteiger partial charge in [0.05, 0.1) is 5.92 Å². The number of alkyl halides is 2. The molecule has 2 unspecified atom stereocenters. The lowest BCUT2D eigenvalue weighted by atomic mass is 9.76. The Morgan fingerprint density at radius 2 is 1.92 bits per heavy atom. The summed E-state index contributed by atoms with van der Waals surface area (Å²) in [6.45, 7) is 0.818. The number of carboxylic acids is 1. The fraction of sp³-hybridized carbons (Fsp3) is 0.889. The van der Waals surface area contributed by atoms with E-state index in [1.54, 1.807) is 0 Å². The molecule has 2 nitrogen and oxygen atoms in total. The molecule has 76 valence electrons. The van der Waals surface area contributed by atoms with Gasteiger partial charge < -0.3 is 5.11 Å². The van der Waals surface area contributed by atoms with Crippen LogP contribution in [0.2, 0.25) is 0 Å². The highest BCUT2D eigenvalue weighted by Gasteiger charge is 2.44. The van der Waals surface area contributed by atoms with E-state index >= 15 is 0 Å². The molecule has 1 rings (SSSR count). The fourth-order valence-corrected chi connectivity index (χ4v) is 2.03. The zero-order valence-corrected chi connectivity index (χ0v) is 7.59. The van der Waals surface area contributed by atoms with Gasteiger partial charge in [0.25, 0.3) is 0 Å². The highest BCUT2D eigenvalue weighted by Crippen LogP contribution is 2.40. The second kappa shape index (κ2) is 3.60. The van der Waals surface area contributed by atoms with Crippen LogP contribution in [0, 0.1) is 11.8 Å². The number of carbonyl (C=O) groups is 1. The van der Waals surface area contributed by atoms with E-state index in [0.29, 0.717) is 12.8 Å². The number of halogens is 2. The lowest BCUT2D eigenvalue weighted by Crippen LogP contribution is -2.37. The molecule has 0 bridgehead atoms. The zero-order valence-electron chi connectivity index (χ0n) is 7.59. The van der Waals surface area contributed by atoms with Crippen LogP contribution in [-0.2, 0) is 4.79 Å². The Hall–Kier alpha value is -0.670. The largest absolute Gasteiger partial charge is 0.481 e. The van der Waals surface area contributed by atoms with E-state index in [2.05, 4.69) is 0 Å². The van der Waals surface area contributed by atoms with Gasteiger partial charge in [-0.1, -0.05) is 12.8 Å². The van der Waals surface area contributed by atoms with Crippen molar-refractivity contribution in [3.05, 3.63) is 0 Å². The van der Waals surface area contributed by atoms with Crippen molar-refractivity contribution in [1.82, 2.24) is 0 Å². The number of aliphatic carboxylic acids is 1. The van der Waals surface area contributed by atoms with Crippen molar-refractivity contribution >= 4 is 5.97 Å². The van der Waals surface area contributed by atoms with E-state index in [9.17, 15) is 13.6 Å². The van der Waals surface area contributed by atoms with E-state index in [0.717, 1.165) is 19.8 Å². The van der Waals surface area contributed by atoms with Crippen LogP contribution in [0.5, 0.6) is 0 Å². The second-order valence-electron chi connectivity index (χ2n) is 3.79. The molecule has 0 aliphatic heterocycles. The van der Waals surface area contributed by atoms with Gasteiger partial charge in [-0.3, -0.25) is 4.79 Å². The maximum Gasteiger partial charge on any atom is 0.307 e. The van der Waals surface area contributed by atoms with Crippen LogP contribution in [0.4, 0.5) is 8.78 Å². The molecule has 1 aliphatic carbocycles. The van der Waals surface area contributed by atoms with Gasteiger partial charge in [-0.2, -0.15) is 0 Å². The van der Waals surface area contributed by atoms with Crippen LogP contribution in [0.15, 0.2) is 0 Å². The van der Waals surface area contributed by atoms with Crippen LogP contribution in [0.3, 0.4) is 0 Å². The molecule has 0 heterocycles. The SMILES string of the molecule is CC(F)(F)C1CCCCC1C(=O)O. The third-order valence-electron chi connectivity index (χ3n) is 2.73. The van der Waals surface area contributed by atoms with Crippen molar-refractivity contribution in [3.8, 4) is 0 Å². The lowest BCUT2D eigenvalue weighted by Gasteiger charge is -2.32. The first kappa shape index (κ1) is 10.4. The minimum absolute atomic E-state index is 0.334. The van der Waals surface area contributed by atoms with Crippen molar-refractivity contribution < 1.29 is 18.7 Å². The highest BCUT2D eigenvalue weighted by atomic mass is 19.3. The third-order valence-corrected chi connectivity index (χ3v) is 2.73. The van der Waals surface area contributed by atoms with Crippen LogP contribution < -0.4 is 0 Å². The van der Waals surface area contributed by atoms with E-state index in [1.807, 2.05) is 0 Å². The molecular weight excluding hydrogens is 178 g/mol. The van der Waals surface area contributed by atoms with Gasteiger partial charge in [-0.25, -0.2) is 8.78 Å². The van der Waals surface area contributed by atoms with E-state index in [4.69, 9.17) is 5.11 Å². The van der Waals surface area contributed by atoms with E-state index in [-0.39, 0.29) is 0 Å². The monoisotopic (exact) mass is 192 g/mol. The summed E-state index contributed by atoms with van der Waals surface area (Å²) >= 11 is 0. The molecule has 1 aliphatic rings. The lowest BCUT2D eigenvalue weighted by molar-refractivity contribution is -0.154. The maximum atomic E-state index is 13.0. The molecule has 0 saturated heterocycles. The molecule has 0 aromatic rings. The van der Waals surface area contributed by atoms with Gasteiger partial charge in [0.15, 0.2) is 0 Å². The normalized spacial score (nSPS) is 30.1. The van der Waals surface area contributed by atoms with Crippen molar-refractivity contribution in [1.29, 1.82) is 0 Å². The van der Waals surface area contributed by atoms with Gasteiger partial charge in [-0.15, -0.1) is 0 Å². The summed E-state index contributed by atoms with van der Waals surface area (Å²) in [5.74, 6) is -5.76. The Labute approximate surface area is 75.9 Å². The van der Waals surface area contributed by atoms with Crippen molar-refractivity contribution in [3.63, 3.8) is 0 Å². The van der Waals surface area contributed by atoms with Gasteiger partial charge >= 0.3 is 5.97 Å². The smallest absolute Gasteiger partial charge is 0.307 e. The molecular formula is C9H14F2O2. The van der Waals surface area contributed by atoms with Gasteiger partial charge in [0.1, 0.15) is 0 Å². The number of carboxylic acid groups (broad SMARTS) is 1. The molecule has 4 heteroatoms. The number of rotatable bonds is 2. The first-order chi connectivity index (χ1) is 5.93. The summed E-state index contributed by atoms with van der Waals surface area (Å²) in [6.07, 6.45) is 2.20. The summed E-state index contributed by atoms with van der Waals surface area (Å²) in [4.78, 5) is 10.7. The average molecular weight is 192 g/mol. The van der Waals surface area contributed by atoms with Crippen molar-refractivity contribution in [2.75, 3.05) is 0 Å². The quantitative estimate of drug-likeness (QED) is 0.729. The molecule has 0 aromatic carbocycles. The molecule has 1 N–H and O–H groups in total. The summed E-state index contributed by atoms with van der Waals surface area (Å²) < 4.78 is 25.9. The average Bonchev–Trinajstić information content (AvgIpc) is 2.03. The van der Waals surface area contributed by atoms with Gasteiger partial charge in [-0.05, 0) is 19.8 Å². The van der Waals surface area contributed by atoms with Crippen LogP contribution in [-0.4, -0.2) is 17.0 Å². The third kappa shape index (κ3) is 2.39. The van der Waals surface area contributed by atoms with Crippen molar-refractivity contribution in [2.45, 2.75) is 38.5 Å². The number of hydrogen-bond acceptors (Lipinski definition) is 1. The predicted molar refractivity (Wildman–Crippen MR) is 43.7 cm³/mol. The summed E-state index contributed by atoms with van der Waals surface area (Å²) in [5.41, 5.74) is 0. The standard InChI is InChI=1S/C9H14F2O2/c1-9(10,11)7-5-3-2-4-6(7)8(12)13/h6-7H,2-5H2,1H3,(H,12,13). The topological polar surface area (TPSA) is 37.3 Å². The molecule has 1 fully saturated rings. The molecule has 0 aromatic heterocycles. The highest BCUT2D eigenvalue weighted by molar-refractivity contribution is 5.70. The van der Waals surface area contributed by atoms with E-state index < -0.39 is 23.7 Å². The maximum absolute atomic E-state index is 13.0. The van der Waals surface area contributed by atoms with E-state index in [1.165, 1.54) is 0 Å². The zero-order chi connectivity index (χ0) is 10.1. The molecule has 13 heavy (non-hydrogen) atoms. The fourth-order valence-electron chi connectivity index (χ4n) is 2.03. The summed E-state index contributed by atoms with van der Waals surface area (Å²) in [5, 5.41) is 8.74. The predicted octanol–water partition coefficient (Wildman–Crippen LogP) is 2.53. The van der Waals surface area contributed by atoms with Crippen LogP contribution >= 0.6 is 0 Å². The Kier molecular flexibility index (Phi) is 2.88. The Bertz CT molecular complexity index is 198.